The van der Waals surface area contributed by atoms with Crippen LogP contribution in [0, 0.1) is 11.3 Å². The van der Waals surface area contributed by atoms with Gasteiger partial charge in [0.1, 0.15) is 6.07 Å². The monoisotopic (exact) mass is 402 g/mol. The van der Waals surface area contributed by atoms with Crippen molar-refractivity contribution in [2.24, 2.45) is 7.05 Å². The van der Waals surface area contributed by atoms with Crippen LogP contribution in [0.4, 0.5) is 17.6 Å². The number of carbonyl (C=O) groups is 1. The molecule has 0 aliphatic carbocycles. The fourth-order valence-electron chi connectivity index (χ4n) is 3.66. The SMILES string of the molecule is C=CC(=O)Nc1ccc2c(c1)nc(N1CCCC(Nc3ncc(C#N)cn3)C1)n2C. The van der Waals surface area contributed by atoms with Gasteiger partial charge >= 0.3 is 0 Å². The minimum atomic E-state index is -0.250. The minimum absolute atomic E-state index is 0.175. The first-order valence-electron chi connectivity index (χ1n) is 9.71. The fraction of sp³-hybridized carbons (Fsp3) is 0.286. The number of aromatic nitrogens is 4. The van der Waals surface area contributed by atoms with E-state index in [1.165, 1.54) is 18.5 Å². The van der Waals surface area contributed by atoms with Gasteiger partial charge in [-0.15, -0.1) is 0 Å². The van der Waals surface area contributed by atoms with Crippen molar-refractivity contribution in [2.75, 3.05) is 28.6 Å². The number of carbonyl (C=O) groups excluding carboxylic acids is 1. The average Bonchev–Trinajstić information content (AvgIpc) is 3.10. The summed E-state index contributed by atoms with van der Waals surface area (Å²) in [5.74, 6) is 1.15. The van der Waals surface area contributed by atoms with Crippen molar-refractivity contribution in [3.8, 4) is 6.07 Å². The van der Waals surface area contributed by atoms with Crippen LogP contribution < -0.4 is 15.5 Å². The van der Waals surface area contributed by atoms with Crippen LogP contribution in [-0.2, 0) is 11.8 Å². The van der Waals surface area contributed by atoms with Crippen LogP contribution in [0.3, 0.4) is 0 Å². The predicted molar refractivity (Wildman–Crippen MR) is 115 cm³/mol. The molecule has 30 heavy (non-hydrogen) atoms. The molecule has 0 radical (unpaired) electrons. The lowest BCUT2D eigenvalue weighted by Crippen LogP contribution is -2.43. The lowest BCUT2D eigenvalue weighted by atomic mass is 10.1. The summed E-state index contributed by atoms with van der Waals surface area (Å²) in [4.78, 5) is 27.0. The quantitative estimate of drug-likeness (QED) is 0.631. The van der Waals surface area contributed by atoms with Crippen molar-refractivity contribution in [3.05, 3.63) is 48.8 Å². The number of hydrogen-bond donors (Lipinski definition) is 2. The van der Waals surface area contributed by atoms with Gasteiger partial charge in [-0.3, -0.25) is 4.79 Å². The number of aryl methyl sites for hydroxylation is 1. The van der Waals surface area contributed by atoms with Gasteiger partial charge < -0.3 is 20.1 Å². The first-order chi connectivity index (χ1) is 14.6. The van der Waals surface area contributed by atoms with E-state index in [4.69, 9.17) is 10.2 Å². The molecule has 1 atom stereocenters. The van der Waals surface area contributed by atoms with E-state index in [1.54, 1.807) is 0 Å². The number of amides is 1. The Morgan fingerprint density at radius 1 is 1.37 bits per heavy atom. The summed E-state index contributed by atoms with van der Waals surface area (Å²) in [5.41, 5.74) is 2.94. The summed E-state index contributed by atoms with van der Waals surface area (Å²) >= 11 is 0. The maximum atomic E-state index is 11.6. The molecular weight excluding hydrogens is 380 g/mol. The molecule has 4 rings (SSSR count). The van der Waals surface area contributed by atoms with Gasteiger partial charge in [-0.2, -0.15) is 5.26 Å². The minimum Gasteiger partial charge on any atom is -0.350 e. The molecule has 0 bridgehead atoms. The number of nitrogens with one attached hydrogen (secondary N) is 2. The van der Waals surface area contributed by atoms with Crippen LogP contribution >= 0.6 is 0 Å². The number of hydrogen-bond acceptors (Lipinski definition) is 7. The molecule has 0 spiro atoms. The maximum Gasteiger partial charge on any atom is 0.247 e. The first-order valence-corrected chi connectivity index (χ1v) is 9.71. The highest BCUT2D eigenvalue weighted by Crippen LogP contribution is 2.26. The topological polar surface area (TPSA) is 112 Å². The van der Waals surface area contributed by atoms with E-state index < -0.39 is 0 Å². The van der Waals surface area contributed by atoms with Gasteiger partial charge in [0.25, 0.3) is 0 Å². The third kappa shape index (κ3) is 3.93. The average molecular weight is 402 g/mol. The molecular formula is C21H22N8O. The third-order valence-electron chi connectivity index (χ3n) is 5.13. The summed E-state index contributed by atoms with van der Waals surface area (Å²) < 4.78 is 2.06. The summed E-state index contributed by atoms with van der Waals surface area (Å²) in [7, 11) is 1.99. The van der Waals surface area contributed by atoms with Gasteiger partial charge in [0.05, 0.1) is 29.0 Å². The molecule has 1 aromatic carbocycles. The number of nitriles is 1. The van der Waals surface area contributed by atoms with Crippen LogP contribution in [0.5, 0.6) is 0 Å². The maximum absolute atomic E-state index is 11.6. The van der Waals surface area contributed by atoms with E-state index in [2.05, 4.69) is 36.6 Å². The molecule has 9 nitrogen and oxygen atoms in total. The zero-order valence-corrected chi connectivity index (χ0v) is 16.7. The van der Waals surface area contributed by atoms with Crippen molar-refractivity contribution in [2.45, 2.75) is 18.9 Å². The Kier molecular flexibility index (Phi) is 5.30. The summed E-state index contributed by atoms with van der Waals surface area (Å²) in [5, 5.41) is 15.0. The molecule has 1 fully saturated rings. The number of benzene rings is 1. The number of fused-ring (bicyclic) bond motifs is 1. The van der Waals surface area contributed by atoms with Crippen molar-refractivity contribution >= 4 is 34.5 Å². The molecule has 1 unspecified atom stereocenters. The standard InChI is InChI=1S/C21H22N8O/c1-3-19(30)25-15-6-7-18-17(9-15)27-21(28(18)2)29-8-4-5-16(13-29)26-20-23-11-14(10-22)12-24-20/h3,6-7,9,11-12,16H,1,4-5,8,13H2,2H3,(H,25,30)(H,23,24,26). The van der Waals surface area contributed by atoms with Gasteiger partial charge in [0.2, 0.25) is 17.8 Å². The lowest BCUT2D eigenvalue weighted by Gasteiger charge is -2.33. The molecule has 2 aromatic heterocycles. The highest BCUT2D eigenvalue weighted by atomic mass is 16.1. The highest BCUT2D eigenvalue weighted by Gasteiger charge is 2.24. The molecule has 3 heterocycles. The Balaban J connectivity index is 1.52. The van der Waals surface area contributed by atoms with Crippen molar-refractivity contribution in [1.82, 2.24) is 19.5 Å². The van der Waals surface area contributed by atoms with E-state index in [9.17, 15) is 4.79 Å². The largest absolute Gasteiger partial charge is 0.350 e. The fourth-order valence-corrected chi connectivity index (χ4v) is 3.66. The van der Waals surface area contributed by atoms with Gasteiger partial charge in [0.15, 0.2) is 0 Å². The van der Waals surface area contributed by atoms with Crippen molar-refractivity contribution < 1.29 is 4.79 Å². The number of imidazole rings is 1. The molecule has 1 saturated heterocycles. The second kappa shape index (κ2) is 8.21. The van der Waals surface area contributed by atoms with E-state index in [-0.39, 0.29) is 11.9 Å². The van der Waals surface area contributed by atoms with Crippen LogP contribution in [0.2, 0.25) is 0 Å². The summed E-state index contributed by atoms with van der Waals surface area (Å²) in [6, 6.07) is 7.88. The molecule has 9 heteroatoms. The van der Waals surface area contributed by atoms with Crippen LogP contribution in [0.25, 0.3) is 11.0 Å². The van der Waals surface area contributed by atoms with E-state index in [1.807, 2.05) is 31.3 Å². The normalized spacial score (nSPS) is 16.1. The number of anilines is 3. The molecule has 152 valence electrons. The van der Waals surface area contributed by atoms with Crippen molar-refractivity contribution in [1.29, 1.82) is 5.26 Å². The number of rotatable bonds is 5. The first kappa shape index (κ1) is 19.4. The second-order valence-corrected chi connectivity index (χ2v) is 7.20. The zero-order chi connectivity index (χ0) is 21.1. The Morgan fingerprint density at radius 2 is 2.17 bits per heavy atom. The molecule has 2 N–H and O–H groups in total. The second-order valence-electron chi connectivity index (χ2n) is 7.20. The summed E-state index contributed by atoms with van der Waals surface area (Å²) in [6.45, 7) is 5.15. The van der Waals surface area contributed by atoms with Crippen molar-refractivity contribution in [3.63, 3.8) is 0 Å². The number of piperidine rings is 1. The summed E-state index contributed by atoms with van der Waals surface area (Å²) in [6.07, 6.45) is 6.29. The van der Waals surface area contributed by atoms with Gasteiger partial charge in [0, 0.05) is 31.9 Å². The lowest BCUT2D eigenvalue weighted by molar-refractivity contribution is -0.111. The molecule has 1 aliphatic heterocycles. The van der Waals surface area contributed by atoms with E-state index >= 15 is 0 Å². The molecule has 1 aliphatic rings. The third-order valence-corrected chi connectivity index (χ3v) is 5.13. The smallest absolute Gasteiger partial charge is 0.247 e. The van der Waals surface area contributed by atoms with Crippen LogP contribution in [0.15, 0.2) is 43.2 Å². The highest BCUT2D eigenvalue weighted by molar-refractivity contribution is 6.00. The Morgan fingerprint density at radius 3 is 2.90 bits per heavy atom. The molecule has 0 saturated carbocycles. The van der Waals surface area contributed by atoms with Gasteiger partial charge in [-0.1, -0.05) is 6.58 Å². The molecule has 1 amide bonds. The Labute approximate surface area is 174 Å². The Bertz CT molecular complexity index is 1130. The Hall–Kier alpha value is -3.93. The zero-order valence-electron chi connectivity index (χ0n) is 16.7. The van der Waals surface area contributed by atoms with E-state index in [0.717, 1.165) is 42.9 Å². The number of nitrogens with zero attached hydrogens (tertiary/aromatic N) is 6. The molecule has 3 aromatic rings. The van der Waals surface area contributed by atoms with Gasteiger partial charge in [-0.05, 0) is 37.1 Å². The van der Waals surface area contributed by atoms with E-state index in [0.29, 0.717) is 17.2 Å². The predicted octanol–water partition coefficient (Wildman–Crippen LogP) is 2.44. The van der Waals surface area contributed by atoms with Crippen LogP contribution in [0.1, 0.15) is 18.4 Å². The van der Waals surface area contributed by atoms with Crippen LogP contribution in [-0.4, -0.2) is 44.6 Å². The van der Waals surface area contributed by atoms with Gasteiger partial charge in [-0.25, -0.2) is 15.0 Å².